The average Bonchev–Trinajstić information content (AvgIpc) is 3.33. The molecular formula is C26H24ClN5O2. The molecular weight excluding hydrogens is 450 g/mol. The van der Waals surface area contributed by atoms with Crippen LogP contribution in [0.3, 0.4) is 0 Å². The van der Waals surface area contributed by atoms with Gasteiger partial charge in [0.15, 0.2) is 0 Å². The first kappa shape index (κ1) is 22.1. The third kappa shape index (κ3) is 4.15. The van der Waals surface area contributed by atoms with Crippen molar-refractivity contribution in [3.05, 3.63) is 89.5 Å². The van der Waals surface area contributed by atoms with E-state index in [9.17, 15) is 9.59 Å². The van der Waals surface area contributed by atoms with Gasteiger partial charge in [-0.3, -0.25) is 9.59 Å². The van der Waals surface area contributed by atoms with Gasteiger partial charge < -0.3 is 9.80 Å². The number of rotatable bonds is 3. The van der Waals surface area contributed by atoms with Crippen molar-refractivity contribution in [1.82, 2.24) is 24.6 Å². The van der Waals surface area contributed by atoms with Crippen LogP contribution in [0.15, 0.2) is 73.1 Å². The topological polar surface area (TPSA) is 71.3 Å². The molecule has 34 heavy (non-hydrogen) atoms. The Morgan fingerprint density at radius 2 is 1.71 bits per heavy atom. The summed E-state index contributed by atoms with van der Waals surface area (Å²) in [6.45, 7) is 5.17. The molecule has 5 rings (SSSR count). The van der Waals surface area contributed by atoms with Gasteiger partial charge in [0, 0.05) is 30.2 Å². The number of aromatic nitrogens is 3. The summed E-state index contributed by atoms with van der Waals surface area (Å²) in [5, 5.41) is 7.07. The lowest BCUT2D eigenvalue weighted by atomic mass is 9.97. The molecule has 0 radical (unpaired) electrons. The Morgan fingerprint density at radius 3 is 2.47 bits per heavy atom. The Hall–Kier alpha value is -3.71. The highest BCUT2D eigenvalue weighted by Gasteiger charge is 2.40. The summed E-state index contributed by atoms with van der Waals surface area (Å²) in [6.07, 6.45) is 1.51. The van der Waals surface area contributed by atoms with Gasteiger partial charge in [-0.05, 0) is 55.0 Å². The van der Waals surface area contributed by atoms with Crippen molar-refractivity contribution >= 4 is 34.2 Å². The van der Waals surface area contributed by atoms with Gasteiger partial charge in [-0.1, -0.05) is 48.0 Å². The van der Waals surface area contributed by atoms with Gasteiger partial charge in [-0.25, -0.2) is 9.67 Å². The van der Waals surface area contributed by atoms with Crippen molar-refractivity contribution in [2.24, 2.45) is 0 Å². The number of fused-ring (bicyclic) bond motifs is 1. The molecule has 0 spiro atoms. The number of hydrogen-bond acceptors (Lipinski definition) is 4. The first-order valence-corrected chi connectivity index (χ1v) is 11.5. The van der Waals surface area contributed by atoms with Gasteiger partial charge in [0.2, 0.25) is 5.82 Å². The van der Waals surface area contributed by atoms with E-state index in [1.807, 2.05) is 73.3 Å². The number of carbonyl (C=O) groups is 2. The van der Waals surface area contributed by atoms with Crippen LogP contribution in [0, 0.1) is 0 Å². The Labute approximate surface area is 202 Å². The lowest BCUT2D eigenvalue weighted by Crippen LogP contribution is -2.62. The predicted molar refractivity (Wildman–Crippen MR) is 131 cm³/mol. The molecule has 8 heteroatoms. The second-order valence-corrected chi connectivity index (χ2v) is 9.49. The highest BCUT2D eigenvalue weighted by molar-refractivity contribution is 6.30. The zero-order chi connectivity index (χ0) is 23.9. The molecule has 0 saturated carbocycles. The third-order valence-corrected chi connectivity index (χ3v) is 6.42. The fraction of sp³-hybridized carbons (Fsp3) is 0.231. The van der Waals surface area contributed by atoms with E-state index in [0.29, 0.717) is 30.2 Å². The summed E-state index contributed by atoms with van der Waals surface area (Å²) >= 11 is 6.07. The molecule has 1 saturated heterocycles. The maximum absolute atomic E-state index is 13.3. The Bertz CT molecular complexity index is 1400. The van der Waals surface area contributed by atoms with Gasteiger partial charge in [0.1, 0.15) is 6.33 Å². The second kappa shape index (κ2) is 8.57. The zero-order valence-electron chi connectivity index (χ0n) is 19.0. The summed E-state index contributed by atoms with van der Waals surface area (Å²) in [4.78, 5) is 34.3. The lowest BCUT2D eigenvalue weighted by Gasteiger charge is -2.46. The smallest absolute Gasteiger partial charge is 0.294 e. The van der Waals surface area contributed by atoms with Crippen molar-refractivity contribution in [2.45, 2.75) is 19.4 Å². The maximum atomic E-state index is 13.3. The van der Waals surface area contributed by atoms with Crippen molar-refractivity contribution < 1.29 is 9.59 Å². The second-order valence-electron chi connectivity index (χ2n) is 9.05. The average molecular weight is 474 g/mol. The van der Waals surface area contributed by atoms with Crippen LogP contribution < -0.4 is 0 Å². The van der Waals surface area contributed by atoms with Crippen LogP contribution in [0.1, 0.15) is 34.8 Å². The molecule has 1 aliphatic heterocycles. The van der Waals surface area contributed by atoms with E-state index in [-0.39, 0.29) is 17.6 Å². The van der Waals surface area contributed by atoms with Gasteiger partial charge in [-0.2, -0.15) is 0 Å². The maximum Gasteiger partial charge on any atom is 0.294 e. The number of piperazine rings is 1. The van der Waals surface area contributed by atoms with Gasteiger partial charge in [0.25, 0.3) is 11.8 Å². The Morgan fingerprint density at radius 1 is 0.912 bits per heavy atom. The standard InChI is InChI=1S/C26H24ClN5O2/c1-26(2)16-30(24(33)20-11-10-18-6-3-4-7-19(18)14-20)12-13-31(26)25(34)23-28-17-32(29-23)22-9-5-8-21(27)15-22/h3-11,14-15,17H,12-13,16H2,1-2H3. The summed E-state index contributed by atoms with van der Waals surface area (Å²) < 4.78 is 1.53. The number of hydrogen-bond donors (Lipinski definition) is 0. The minimum atomic E-state index is -0.580. The van der Waals surface area contributed by atoms with Crippen LogP contribution in [0.2, 0.25) is 5.02 Å². The normalized spacial score (nSPS) is 15.5. The lowest BCUT2D eigenvalue weighted by molar-refractivity contribution is 0.0161. The molecule has 1 aliphatic rings. The van der Waals surface area contributed by atoms with Gasteiger partial charge in [0.05, 0.1) is 11.2 Å². The molecule has 172 valence electrons. The van der Waals surface area contributed by atoms with Crippen molar-refractivity contribution in [1.29, 1.82) is 0 Å². The van der Waals surface area contributed by atoms with Crippen LogP contribution >= 0.6 is 11.6 Å². The fourth-order valence-corrected chi connectivity index (χ4v) is 4.62. The molecule has 0 N–H and O–H groups in total. The number of nitrogens with zero attached hydrogens (tertiary/aromatic N) is 5. The highest BCUT2D eigenvalue weighted by Crippen LogP contribution is 2.25. The van der Waals surface area contributed by atoms with E-state index >= 15 is 0 Å². The molecule has 0 aliphatic carbocycles. The van der Waals surface area contributed by atoms with Crippen molar-refractivity contribution in [3.8, 4) is 5.69 Å². The van der Waals surface area contributed by atoms with Crippen molar-refractivity contribution in [2.75, 3.05) is 19.6 Å². The van der Waals surface area contributed by atoms with E-state index in [2.05, 4.69) is 10.1 Å². The first-order chi connectivity index (χ1) is 16.3. The third-order valence-electron chi connectivity index (χ3n) is 6.19. The number of benzene rings is 3. The molecule has 0 bridgehead atoms. The minimum Gasteiger partial charge on any atom is -0.335 e. The van der Waals surface area contributed by atoms with E-state index in [1.165, 1.54) is 11.0 Å². The molecule has 4 aromatic rings. The Kier molecular flexibility index (Phi) is 5.57. The summed E-state index contributed by atoms with van der Waals surface area (Å²) in [7, 11) is 0. The highest BCUT2D eigenvalue weighted by atomic mass is 35.5. The Balaban J connectivity index is 1.32. The van der Waals surface area contributed by atoms with Crippen LogP contribution in [-0.4, -0.2) is 61.6 Å². The number of amides is 2. The molecule has 2 amide bonds. The van der Waals surface area contributed by atoms with Crippen LogP contribution in [0.5, 0.6) is 0 Å². The van der Waals surface area contributed by atoms with Crippen LogP contribution in [0.25, 0.3) is 16.5 Å². The van der Waals surface area contributed by atoms with E-state index < -0.39 is 5.54 Å². The molecule has 3 aromatic carbocycles. The minimum absolute atomic E-state index is 0.0331. The molecule has 1 aromatic heterocycles. The SMILES string of the molecule is CC1(C)CN(C(=O)c2ccc3ccccc3c2)CCN1C(=O)c1ncn(-c2cccc(Cl)c2)n1. The largest absolute Gasteiger partial charge is 0.335 e. The first-order valence-electron chi connectivity index (χ1n) is 11.1. The molecule has 0 unspecified atom stereocenters. The quantitative estimate of drug-likeness (QED) is 0.440. The van der Waals surface area contributed by atoms with E-state index in [0.717, 1.165) is 16.5 Å². The van der Waals surface area contributed by atoms with Crippen molar-refractivity contribution in [3.63, 3.8) is 0 Å². The van der Waals surface area contributed by atoms with Gasteiger partial charge in [-0.15, -0.1) is 5.10 Å². The number of carbonyl (C=O) groups excluding carboxylic acids is 2. The summed E-state index contributed by atoms with van der Waals surface area (Å²) in [5.74, 6) is -0.180. The van der Waals surface area contributed by atoms with Crippen LogP contribution in [0.4, 0.5) is 0 Å². The zero-order valence-corrected chi connectivity index (χ0v) is 19.7. The van der Waals surface area contributed by atoms with Gasteiger partial charge >= 0.3 is 0 Å². The molecule has 2 heterocycles. The molecule has 1 fully saturated rings. The fourth-order valence-electron chi connectivity index (χ4n) is 4.43. The predicted octanol–water partition coefficient (Wildman–Crippen LogP) is 4.45. The molecule has 7 nitrogen and oxygen atoms in total. The molecule has 0 atom stereocenters. The summed E-state index contributed by atoms with van der Waals surface area (Å²) in [5.41, 5.74) is 0.795. The van der Waals surface area contributed by atoms with E-state index in [4.69, 9.17) is 11.6 Å². The summed E-state index contributed by atoms with van der Waals surface area (Å²) in [6, 6.07) is 20.9. The van der Waals surface area contributed by atoms with Crippen LogP contribution in [-0.2, 0) is 0 Å². The van der Waals surface area contributed by atoms with E-state index in [1.54, 1.807) is 17.0 Å². The number of halogens is 1. The monoisotopic (exact) mass is 473 g/mol.